The topological polar surface area (TPSA) is 65.0 Å². The summed E-state index contributed by atoms with van der Waals surface area (Å²) in [5.41, 5.74) is -2.20. The number of fused-ring (bicyclic) bond motifs is 2. The number of aliphatic hydroxyl groups is 1. The van der Waals surface area contributed by atoms with Gasteiger partial charge in [0.15, 0.2) is 11.4 Å². The molecule has 112 valence electrons. The molecule has 4 rings (SSSR count). The van der Waals surface area contributed by atoms with Crippen molar-refractivity contribution < 1.29 is 24.1 Å². The van der Waals surface area contributed by atoms with E-state index < -0.39 is 22.9 Å². The number of hydrogen-bond acceptors (Lipinski definition) is 5. The molecule has 0 amide bonds. The van der Waals surface area contributed by atoms with Crippen LogP contribution < -0.4 is 0 Å². The standard InChI is InChI=1S/C15H22O5/c16-11-10-13(4-1-7-18-13)15(6-3-9-20-15)14(12(11)17)5-2-8-19-14/h11,16H,1-10H2/t11-,13+,14+,15-/m0/s1. The van der Waals surface area contributed by atoms with Crippen LogP contribution in [0.2, 0.25) is 0 Å². The third-order valence-electron chi connectivity index (χ3n) is 5.76. The second kappa shape index (κ2) is 4.26. The molecule has 3 saturated heterocycles. The Morgan fingerprint density at radius 3 is 2.25 bits per heavy atom. The van der Waals surface area contributed by atoms with Crippen LogP contribution in [0, 0.1) is 0 Å². The average molecular weight is 282 g/mol. The molecule has 0 aromatic rings. The van der Waals surface area contributed by atoms with Gasteiger partial charge in [-0.2, -0.15) is 0 Å². The maximum Gasteiger partial charge on any atom is 0.196 e. The van der Waals surface area contributed by atoms with E-state index in [9.17, 15) is 9.90 Å². The van der Waals surface area contributed by atoms with Crippen molar-refractivity contribution in [3.8, 4) is 0 Å². The Labute approximate surface area is 118 Å². The van der Waals surface area contributed by atoms with Crippen LogP contribution in [-0.4, -0.2) is 53.6 Å². The molecule has 20 heavy (non-hydrogen) atoms. The number of hydrogen-bond donors (Lipinski definition) is 1. The van der Waals surface area contributed by atoms with Crippen molar-refractivity contribution in [3.05, 3.63) is 0 Å². The number of carbonyl (C=O) groups excluding carboxylic acids is 1. The van der Waals surface area contributed by atoms with E-state index in [2.05, 4.69) is 0 Å². The Morgan fingerprint density at radius 1 is 0.950 bits per heavy atom. The normalized spacial score (nSPS) is 51.9. The van der Waals surface area contributed by atoms with E-state index >= 15 is 0 Å². The smallest absolute Gasteiger partial charge is 0.196 e. The molecule has 3 spiro atoms. The summed E-state index contributed by atoms with van der Waals surface area (Å²) < 4.78 is 18.3. The molecule has 4 fully saturated rings. The van der Waals surface area contributed by atoms with E-state index in [1.807, 2.05) is 0 Å². The first-order chi connectivity index (χ1) is 9.66. The van der Waals surface area contributed by atoms with Crippen LogP contribution in [0.15, 0.2) is 0 Å². The lowest BCUT2D eigenvalue weighted by molar-refractivity contribution is -0.272. The van der Waals surface area contributed by atoms with Crippen molar-refractivity contribution in [2.45, 2.75) is 67.9 Å². The monoisotopic (exact) mass is 282 g/mol. The van der Waals surface area contributed by atoms with Gasteiger partial charge >= 0.3 is 0 Å². The maximum atomic E-state index is 12.7. The van der Waals surface area contributed by atoms with Gasteiger partial charge in [-0.25, -0.2) is 0 Å². The highest BCUT2D eigenvalue weighted by Crippen LogP contribution is 2.59. The van der Waals surface area contributed by atoms with Crippen molar-refractivity contribution in [1.29, 1.82) is 0 Å². The van der Waals surface area contributed by atoms with Gasteiger partial charge in [-0.1, -0.05) is 0 Å². The molecule has 0 bridgehead atoms. The highest BCUT2D eigenvalue weighted by Gasteiger charge is 2.75. The number of Topliss-reactive ketones (excluding diaryl/α,β-unsaturated/α-hetero) is 1. The zero-order valence-electron chi connectivity index (χ0n) is 11.7. The summed E-state index contributed by atoms with van der Waals surface area (Å²) >= 11 is 0. The summed E-state index contributed by atoms with van der Waals surface area (Å²) in [6.45, 7) is 1.90. The molecule has 0 unspecified atom stereocenters. The molecule has 1 aliphatic carbocycles. The Balaban J connectivity index is 1.87. The SMILES string of the molecule is O=C1[C@@H](O)C[C@]2(CCCO2)[C@@]2(CCCO2)[C@@]12CCCO2. The van der Waals surface area contributed by atoms with E-state index in [0.717, 1.165) is 32.1 Å². The van der Waals surface area contributed by atoms with E-state index in [4.69, 9.17) is 14.2 Å². The minimum Gasteiger partial charge on any atom is -0.385 e. The number of rotatable bonds is 0. The lowest BCUT2D eigenvalue weighted by Crippen LogP contribution is -2.76. The fraction of sp³-hybridized carbons (Fsp3) is 0.933. The Bertz CT molecular complexity index is 414. The second-order valence-corrected chi connectivity index (χ2v) is 6.59. The highest BCUT2D eigenvalue weighted by atomic mass is 16.6. The van der Waals surface area contributed by atoms with Gasteiger partial charge in [0, 0.05) is 26.2 Å². The van der Waals surface area contributed by atoms with E-state index in [-0.39, 0.29) is 5.78 Å². The van der Waals surface area contributed by atoms with Crippen molar-refractivity contribution >= 4 is 5.78 Å². The first-order valence-electron chi connectivity index (χ1n) is 7.80. The van der Waals surface area contributed by atoms with E-state index in [1.54, 1.807) is 0 Å². The van der Waals surface area contributed by atoms with Gasteiger partial charge in [0.2, 0.25) is 0 Å². The van der Waals surface area contributed by atoms with Crippen LogP contribution in [0.4, 0.5) is 0 Å². The van der Waals surface area contributed by atoms with Gasteiger partial charge in [0.1, 0.15) is 17.3 Å². The second-order valence-electron chi connectivity index (χ2n) is 6.59. The summed E-state index contributed by atoms with van der Waals surface area (Å²) in [4.78, 5) is 12.7. The molecule has 4 aliphatic rings. The third-order valence-corrected chi connectivity index (χ3v) is 5.76. The first-order valence-corrected chi connectivity index (χ1v) is 7.80. The fourth-order valence-corrected chi connectivity index (χ4v) is 5.05. The highest BCUT2D eigenvalue weighted by molar-refractivity contribution is 5.94. The third kappa shape index (κ3) is 1.35. The number of ether oxygens (including phenoxy) is 3. The average Bonchev–Trinajstić information content (AvgIpc) is 3.17. The molecule has 3 aliphatic heterocycles. The molecule has 0 radical (unpaired) electrons. The minimum atomic E-state index is -0.985. The van der Waals surface area contributed by atoms with Crippen molar-refractivity contribution in [2.75, 3.05) is 19.8 Å². The van der Waals surface area contributed by atoms with Crippen LogP contribution in [0.1, 0.15) is 44.9 Å². The summed E-state index contributed by atoms with van der Waals surface area (Å²) in [6, 6.07) is 0. The maximum absolute atomic E-state index is 12.7. The quantitative estimate of drug-likeness (QED) is 0.717. The molecule has 1 saturated carbocycles. The lowest BCUT2D eigenvalue weighted by atomic mass is 9.58. The molecule has 4 atom stereocenters. The van der Waals surface area contributed by atoms with Gasteiger partial charge in [-0.15, -0.1) is 0 Å². The van der Waals surface area contributed by atoms with Gasteiger partial charge in [-0.05, 0) is 38.5 Å². The Morgan fingerprint density at radius 2 is 1.65 bits per heavy atom. The van der Waals surface area contributed by atoms with Gasteiger partial charge < -0.3 is 19.3 Å². The Kier molecular flexibility index (Phi) is 2.81. The van der Waals surface area contributed by atoms with Crippen LogP contribution in [-0.2, 0) is 19.0 Å². The molecule has 5 heteroatoms. The first kappa shape index (κ1) is 13.2. The largest absolute Gasteiger partial charge is 0.385 e. The summed E-state index contributed by atoms with van der Waals surface area (Å²) in [5.74, 6) is -0.182. The number of carbonyl (C=O) groups is 1. The van der Waals surface area contributed by atoms with E-state index in [0.29, 0.717) is 32.7 Å². The van der Waals surface area contributed by atoms with Crippen molar-refractivity contribution in [1.82, 2.24) is 0 Å². The van der Waals surface area contributed by atoms with Crippen LogP contribution in [0.5, 0.6) is 0 Å². The molecular formula is C15H22O5. The van der Waals surface area contributed by atoms with Crippen LogP contribution in [0.25, 0.3) is 0 Å². The van der Waals surface area contributed by atoms with Gasteiger partial charge in [0.05, 0.1) is 0 Å². The lowest BCUT2D eigenvalue weighted by Gasteiger charge is -2.57. The molecule has 3 heterocycles. The van der Waals surface area contributed by atoms with Crippen LogP contribution >= 0.6 is 0 Å². The summed E-state index contributed by atoms with van der Waals surface area (Å²) in [7, 11) is 0. The predicted octanol–water partition coefficient (Wildman–Crippen LogP) is 0.968. The minimum absolute atomic E-state index is 0.182. The summed E-state index contributed by atoms with van der Waals surface area (Å²) in [6.07, 6.45) is 4.40. The van der Waals surface area contributed by atoms with Gasteiger partial charge in [0.25, 0.3) is 0 Å². The predicted molar refractivity (Wildman–Crippen MR) is 69.4 cm³/mol. The van der Waals surface area contributed by atoms with Crippen molar-refractivity contribution in [2.24, 2.45) is 0 Å². The fourth-order valence-electron chi connectivity index (χ4n) is 5.05. The zero-order valence-corrected chi connectivity index (χ0v) is 11.7. The van der Waals surface area contributed by atoms with E-state index in [1.165, 1.54) is 0 Å². The van der Waals surface area contributed by atoms with Gasteiger partial charge in [-0.3, -0.25) is 4.79 Å². The van der Waals surface area contributed by atoms with Crippen LogP contribution in [0.3, 0.4) is 0 Å². The molecule has 1 N–H and O–H groups in total. The molecular weight excluding hydrogens is 260 g/mol. The summed E-state index contributed by atoms with van der Waals surface area (Å²) in [5, 5.41) is 10.3. The zero-order chi connectivity index (χ0) is 13.8. The molecule has 5 nitrogen and oxygen atoms in total. The number of ketones is 1. The Hall–Kier alpha value is -0.490. The molecule has 0 aromatic carbocycles. The number of aliphatic hydroxyl groups excluding tert-OH is 1. The molecule has 0 aromatic heterocycles. The van der Waals surface area contributed by atoms with Crippen molar-refractivity contribution in [3.63, 3.8) is 0 Å².